The second kappa shape index (κ2) is 10.9. The predicted molar refractivity (Wildman–Crippen MR) is 155 cm³/mol. The lowest BCUT2D eigenvalue weighted by atomic mass is 9.60. The van der Waals surface area contributed by atoms with Crippen molar-refractivity contribution >= 4 is 45.2 Å². The highest BCUT2D eigenvalue weighted by Crippen LogP contribution is 2.62. The molecule has 0 saturated heterocycles. The Balaban J connectivity index is 2.22. The molecule has 0 radical (unpaired) electrons. The van der Waals surface area contributed by atoms with Crippen LogP contribution in [0.25, 0.3) is 0 Å². The predicted octanol–water partition coefficient (Wildman–Crippen LogP) is 4.94. The number of hydrogen-bond acceptors (Lipinski definition) is 8. The third kappa shape index (κ3) is 4.53. The van der Waals surface area contributed by atoms with Crippen molar-refractivity contribution in [3.8, 4) is 12.1 Å². The molecule has 1 aliphatic carbocycles. The maximum absolute atomic E-state index is 15.0. The van der Waals surface area contributed by atoms with Crippen molar-refractivity contribution in [3.05, 3.63) is 75.3 Å². The van der Waals surface area contributed by atoms with Crippen molar-refractivity contribution < 1.29 is 23.9 Å². The number of hydrogen-bond donors (Lipinski definition) is 0. The summed E-state index contributed by atoms with van der Waals surface area (Å²) in [7, 11) is 0. The van der Waals surface area contributed by atoms with Crippen molar-refractivity contribution in [1.29, 1.82) is 10.5 Å². The van der Waals surface area contributed by atoms with Crippen LogP contribution in [0, 0.1) is 28.1 Å². The SMILES string of the molecule is CCOC(=O)C1=C(C(=O)OCC)C2(C(=O)N(Cc3ccccc3)c3cc(Br)ccc32)C(C#N)(C#N)C1=NC(C)(C)C. The molecule has 2 aliphatic rings. The average molecular weight is 617 g/mol. The van der Waals surface area contributed by atoms with Gasteiger partial charge in [0.2, 0.25) is 11.3 Å². The number of carbonyl (C=O) groups is 3. The molecule has 1 heterocycles. The Kier molecular flexibility index (Phi) is 7.93. The zero-order chi connectivity index (χ0) is 30.2. The molecule has 41 heavy (non-hydrogen) atoms. The molecule has 0 fully saturated rings. The zero-order valence-electron chi connectivity index (χ0n) is 23.4. The summed E-state index contributed by atoms with van der Waals surface area (Å²) in [6, 6.07) is 18.2. The molecular weight excluding hydrogens is 588 g/mol. The third-order valence-electron chi connectivity index (χ3n) is 6.93. The van der Waals surface area contributed by atoms with Gasteiger partial charge >= 0.3 is 11.9 Å². The lowest BCUT2D eigenvalue weighted by Crippen LogP contribution is -2.54. The minimum atomic E-state index is -2.41. The number of amides is 1. The molecule has 0 bridgehead atoms. The van der Waals surface area contributed by atoms with Crippen molar-refractivity contribution in [1.82, 2.24) is 0 Å². The molecule has 9 nitrogen and oxygen atoms in total. The molecule has 10 heteroatoms. The van der Waals surface area contributed by atoms with E-state index in [-0.39, 0.29) is 31.0 Å². The Morgan fingerprint density at radius 1 is 1.00 bits per heavy atom. The fraction of sp³-hybridized carbons (Fsp3) is 0.355. The van der Waals surface area contributed by atoms with Crippen LogP contribution in [0.15, 0.2) is 69.1 Å². The second-order valence-electron chi connectivity index (χ2n) is 10.6. The summed E-state index contributed by atoms with van der Waals surface area (Å²) in [6.07, 6.45) is 0. The smallest absolute Gasteiger partial charge is 0.340 e. The molecule has 210 valence electrons. The first-order chi connectivity index (χ1) is 19.4. The Labute approximate surface area is 247 Å². The second-order valence-corrected chi connectivity index (χ2v) is 11.5. The van der Waals surface area contributed by atoms with E-state index in [1.807, 2.05) is 42.5 Å². The van der Waals surface area contributed by atoms with Crippen LogP contribution in [0.4, 0.5) is 5.69 Å². The number of rotatable bonds is 6. The summed E-state index contributed by atoms with van der Waals surface area (Å²) >= 11 is 3.46. The minimum absolute atomic E-state index is 0.0576. The summed E-state index contributed by atoms with van der Waals surface area (Å²) < 4.78 is 11.4. The van der Waals surface area contributed by atoms with E-state index in [2.05, 4.69) is 20.9 Å². The molecular formula is C31H29BrN4O5. The van der Waals surface area contributed by atoms with E-state index >= 15 is 0 Å². The van der Waals surface area contributed by atoms with Gasteiger partial charge in [0, 0.05) is 10.2 Å². The minimum Gasteiger partial charge on any atom is -0.463 e. The van der Waals surface area contributed by atoms with Crippen molar-refractivity contribution in [2.45, 2.75) is 52.1 Å². The molecule has 0 aromatic heterocycles. The maximum Gasteiger partial charge on any atom is 0.340 e. The fourth-order valence-corrected chi connectivity index (χ4v) is 5.84. The fourth-order valence-electron chi connectivity index (χ4n) is 5.49. The lowest BCUT2D eigenvalue weighted by molar-refractivity contribution is -0.142. The number of nitrogens with zero attached hydrogens (tertiary/aromatic N) is 4. The number of halogens is 1. The van der Waals surface area contributed by atoms with Crippen LogP contribution in [0.2, 0.25) is 0 Å². The first-order valence-corrected chi connectivity index (χ1v) is 13.9. The van der Waals surface area contributed by atoms with Crippen molar-refractivity contribution in [2.24, 2.45) is 10.4 Å². The molecule has 1 unspecified atom stereocenters. The van der Waals surface area contributed by atoms with E-state index in [1.54, 1.807) is 52.8 Å². The molecule has 1 atom stereocenters. The molecule has 0 saturated carbocycles. The summed E-state index contributed by atoms with van der Waals surface area (Å²) in [5.74, 6) is -2.70. The number of nitriles is 2. The highest BCUT2D eigenvalue weighted by molar-refractivity contribution is 9.10. The van der Waals surface area contributed by atoms with E-state index in [0.29, 0.717) is 10.2 Å². The normalized spacial score (nSPS) is 20.1. The molecule has 1 amide bonds. The van der Waals surface area contributed by atoms with E-state index < -0.39 is 45.4 Å². The highest BCUT2D eigenvalue weighted by Gasteiger charge is 2.76. The number of anilines is 1. The Hall–Kier alpha value is -4.28. The Bertz CT molecular complexity index is 1560. The maximum atomic E-state index is 15.0. The lowest BCUT2D eigenvalue weighted by Gasteiger charge is -2.34. The topological polar surface area (TPSA) is 133 Å². The van der Waals surface area contributed by atoms with Crippen LogP contribution in [-0.4, -0.2) is 42.3 Å². The van der Waals surface area contributed by atoms with E-state index in [0.717, 1.165) is 5.56 Å². The molecule has 1 aliphatic heterocycles. The van der Waals surface area contributed by atoms with Gasteiger partial charge in [-0.25, -0.2) is 9.59 Å². The summed E-state index contributed by atoms with van der Waals surface area (Å²) in [6.45, 7) is 8.28. The largest absolute Gasteiger partial charge is 0.463 e. The van der Waals surface area contributed by atoms with Crippen LogP contribution >= 0.6 is 15.9 Å². The third-order valence-corrected chi connectivity index (χ3v) is 7.42. The van der Waals surface area contributed by atoms with Crippen LogP contribution in [-0.2, 0) is 35.8 Å². The van der Waals surface area contributed by atoms with Gasteiger partial charge in [-0.15, -0.1) is 0 Å². The van der Waals surface area contributed by atoms with Gasteiger partial charge in [0.25, 0.3) is 0 Å². The molecule has 0 N–H and O–H groups in total. The number of esters is 2. The first-order valence-electron chi connectivity index (χ1n) is 13.1. The summed E-state index contributed by atoms with van der Waals surface area (Å²) in [4.78, 5) is 48.6. The van der Waals surface area contributed by atoms with Crippen molar-refractivity contribution in [2.75, 3.05) is 18.1 Å². The number of carbonyl (C=O) groups excluding carboxylic acids is 3. The Morgan fingerprint density at radius 3 is 2.17 bits per heavy atom. The number of aliphatic imine (C=N–C) groups is 1. The van der Waals surface area contributed by atoms with Crippen LogP contribution in [0.3, 0.4) is 0 Å². The molecule has 4 rings (SSSR count). The van der Waals surface area contributed by atoms with Gasteiger partial charge in [-0.05, 0) is 57.9 Å². The zero-order valence-corrected chi connectivity index (χ0v) is 25.0. The molecule has 1 spiro atoms. The summed E-state index contributed by atoms with van der Waals surface area (Å²) in [5.41, 5.74) is -5.32. The van der Waals surface area contributed by atoms with E-state index in [1.165, 1.54) is 4.90 Å². The summed E-state index contributed by atoms with van der Waals surface area (Å²) in [5, 5.41) is 21.8. The van der Waals surface area contributed by atoms with Crippen LogP contribution in [0.1, 0.15) is 45.7 Å². The van der Waals surface area contributed by atoms with Crippen LogP contribution in [0.5, 0.6) is 0 Å². The number of ether oxygens (including phenoxy) is 2. The van der Waals surface area contributed by atoms with Gasteiger partial charge in [0.05, 0.1) is 54.3 Å². The average Bonchev–Trinajstić information content (AvgIpc) is 3.31. The monoisotopic (exact) mass is 616 g/mol. The van der Waals surface area contributed by atoms with Gasteiger partial charge in [-0.1, -0.05) is 52.3 Å². The molecule has 2 aromatic rings. The first kappa shape index (κ1) is 29.7. The van der Waals surface area contributed by atoms with Crippen molar-refractivity contribution in [3.63, 3.8) is 0 Å². The van der Waals surface area contributed by atoms with Gasteiger partial charge < -0.3 is 14.4 Å². The van der Waals surface area contributed by atoms with Gasteiger partial charge in [-0.2, -0.15) is 10.5 Å². The Morgan fingerprint density at radius 2 is 1.61 bits per heavy atom. The van der Waals surface area contributed by atoms with E-state index in [4.69, 9.17) is 9.47 Å². The quantitative estimate of drug-likeness (QED) is 0.419. The molecule has 2 aromatic carbocycles. The number of fused-ring (bicyclic) bond motifs is 2. The van der Waals surface area contributed by atoms with Gasteiger partial charge in [-0.3, -0.25) is 9.79 Å². The standard InChI is InChI=1S/C31H29BrN4O5/c1-6-40-26(37)23-24(27(38)41-7-2)31(30(17-33,18-34)25(23)35-29(3,4)5)21-14-13-20(32)15-22(21)36(28(31)39)16-19-11-9-8-10-12-19/h8-15H,6-7,16H2,1-5H3. The van der Waals surface area contributed by atoms with E-state index in [9.17, 15) is 24.9 Å². The van der Waals surface area contributed by atoms with Crippen LogP contribution < -0.4 is 4.90 Å². The highest BCUT2D eigenvalue weighted by atomic mass is 79.9. The van der Waals surface area contributed by atoms with Gasteiger partial charge in [0.1, 0.15) is 5.41 Å². The van der Waals surface area contributed by atoms with Gasteiger partial charge in [0.15, 0.2) is 0 Å². The number of benzene rings is 2.